The van der Waals surface area contributed by atoms with Crippen molar-refractivity contribution in [3.63, 3.8) is 0 Å². The van der Waals surface area contributed by atoms with Crippen LogP contribution in [-0.2, 0) is 4.79 Å². The molecule has 0 saturated carbocycles. The number of carbonyl (C=O) groups excluding carboxylic acids is 1. The second-order valence-corrected chi connectivity index (χ2v) is 4.54. The fraction of sp³-hybridized carbons (Fsp3) is 0. The van der Waals surface area contributed by atoms with Gasteiger partial charge in [0.05, 0.1) is 0 Å². The van der Waals surface area contributed by atoms with E-state index in [9.17, 15) is 9.59 Å². The quantitative estimate of drug-likeness (QED) is 0.532. The molecular weight excluding hydrogens is 292 g/mol. The molecule has 106 valence electrons. The molecule has 2 rings (SSSR count). The number of halogens is 1. The van der Waals surface area contributed by atoms with Crippen LogP contribution >= 0.6 is 11.6 Å². The molecule has 0 heterocycles. The maximum Gasteiger partial charge on any atom is 0.339 e. The van der Waals surface area contributed by atoms with Gasteiger partial charge in [0, 0.05) is 11.1 Å². The highest BCUT2D eigenvalue weighted by molar-refractivity contribution is 6.30. The Hall–Kier alpha value is -2.59. The lowest BCUT2D eigenvalue weighted by atomic mass is 10.2. The molecule has 0 atom stereocenters. The molecule has 0 unspecified atom stereocenters. The summed E-state index contributed by atoms with van der Waals surface area (Å²) in [6.45, 7) is 0. The van der Waals surface area contributed by atoms with Gasteiger partial charge in [-0.25, -0.2) is 9.59 Å². The second-order valence-electron chi connectivity index (χ2n) is 4.11. The minimum atomic E-state index is -1.15. The third-order valence-electron chi connectivity index (χ3n) is 2.61. The molecule has 0 aliphatic carbocycles. The van der Waals surface area contributed by atoms with Gasteiger partial charge in [-0.05, 0) is 35.9 Å². The monoisotopic (exact) mass is 302 g/mol. The Morgan fingerprint density at radius 1 is 1.05 bits per heavy atom. The van der Waals surface area contributed by atoms with Crippen molar-refractivity contribution in [2.45, 2.75) is 0 Å². The van der Waals surface area contributed by atoms with Gasteiger partial charge in [-0.2, -0.15) is 0 Å². The number of rotatable bonds is 4. The van der Waals surface area contributed by atoms with Crippen LogP contribution in [-0.4, -0.2) is 17.0 Å². The average Bonchev–Trinajstić information content (AvgIpc) is 2.47. The lowest BCUT2D eigenvalue weighted by Gasteiger charge is -2.04. The molecule has 2 aromatic rings. The summed E-state index contributed by atoms with van der Waals surface area (Å²) < 4.78 is 5.02. The summed E-state index contributed by atoms with van der Waals surface area (Å²) in [4.78, 5) is 22.7. The van der Waals surface area contributed by atoms with Crippen LogP contribution in [0.4, 0.5) is 0 Å². The fourth-order valence-electron chi connectivity index (χ4n) is 1.61. The van der Waals surface area contributed by atoms with Gasteiger partial charge in [0.15, 0.2) is 0 Å². The van der Waals surface area contributed by atoms with Gasteiger partial charge >= 0.3 is 11.9 Å². The van der Waals surface area contributed by atoms with Crippen molar-refractivity contribution in [2.24, 2.45) is 0 Å². The highest BCUT2D eigenvalue weighted by Gasteiger charge is 2.12. The van der Waals surface area contributed by atoms with Gasteiger partial charge in [0.25, 0.3) is 0 Å². The van der Waals surface area contributed by atoms with E-state index < -0.39 is 11.9 Å². The van der Waals surface area contributed by atoms with Crippen molar-refractivity contribution in [1.29, 1.82) is 0 Å². The number of carboxylic acid groups (broad SMARTS) is 1. The van der Waals surface area contributed by atoms with Crippen molar-refractivity contribution in [1.82, 2.24) is 0 Å². The summed E-state index contributed by atoms with van der Waals surface area (Å²) in [7, 11) is 0. The van der Waals surface area contributed by atoms with E-state index in [0.29, 0.717) is 5.02 Å². The molecule has 0 spiro atoms. The molecule has 0 amide bonds. The molecule has 5 heteroatoms. The Balaban J connectivity index is 2.08. The molecule has 1 N–H and O–H groups in total. The van der Waals surface area contributed by atoms with E-state index in [1.165, 1.54) is 18.2 Å². The van der Waals surface area contributed by atoms with Gasteiger partial charge in [-0.15, -0.1) is 0 Å². The van der Waals surface area contributed by atoms with Crippen LogP contribution in [0.25, 0.3) is 6.08 Å². The van der Waals surface area contributed by atoms with Crippen LogP contribution in [0.3, 0.4) is 0 Å². The molecule has 4 nitrogen and oxygen atoms in total. The smallest absolute Gasteiger partial charge is 0.339 e. The first kappa shape index (κ1) is 14.8. The molecule has 21 heavy (non-hydrogen) atoms. The minimum Gasteiger partial charge on any atom is -0.478 e. The Morgan fingerprint density at radius 3 is 2.38 bits per heavy atom. The SMILES string of the molecule is O=C(/C=C/c1ccc(Cl)cc1)Oc1ccccc1C(=O)O. The predicted molar refractivity (Wildman–Crippen MR) is 79.5 cm³/mol. The molecule has 0 aromatic heterocycles. The predicted octanol–water partition coefficient (Wildman–Crippen LogP) is 3.66. The van der Waals surface area contributed by atoms with Gasteiger partial charge in [0.2, 0.25) is 0 Å². The van der Waals surface area contributed by atoms with Gasteiger partial charge in [0.1, 0.15) is 11.3 Å². The molecule has 0 bridgehead atoms. The lowest BCUT2D eigenvalue weighted by Crippen LogP contribution is -2.08. The molecule has 0 aliphatic rings. The molecular formula is C16H11ClO4. The summed E-state index contributed by atoms with van der Waals surface area (Å²) in [6.07, 6.45) is 2.78. The number of hydrogen-bond acceptors (Lipinski definition) is 3. The third-order valence-corrected chi connectivity index (χ3v) is 2.86. The first-order valence-electron chi connectivity index (χ1n) is 6.04. The maximum absolute atomic E-state index is 11.7. The number of carboxylic acids is 1. The Bertz CT molecular complexity index is 690. The number of benzene rings is 2. The molecule has 0 radical (unpaired) electrons. The average molecular weight is 303 g/mol. The lowest BCUT2D eigenvalue weighted by molar-refractivity contribution is -0.128. The highest BCUT2D eigenvalue weighted by Crippen LogP contribution is 2.18. The van der Waals surface area contributed by atoms with Crippen LogP contribution < -0.4 is 4.74 Å². The summed E-state index contributed by atoms with van der Waals surface area (Å²) >= 11 is 5.76. The first-order chi connectivity index (χ1) is 10.1. The topological polar surface area (TPSA) is 63.6 Å². The van der Waals surface area contributed by atoms with Crippen LogP contribution in [0.15, 0.2) is 54.6 Å². The van der Waals surface area contributed by atoms with E-state index in [2.05, 4.69) is 0 Å². The van der Waals surface area contributed by atoms with E-state index in [-0.39, 0.29) is 11.3 Å². The van der Waals surface area contributed by atoms with E-state index >= 15 is 0 Å². The molecule has 2 aromatic carbocycles. The van der Waals surface area contributed by atoms with Crippen LogP contribution in [0.2, 0.25) is 5.02 Å². The van der Waals surface area contributed by atoms with Crippen LogP contribution in [0.5, 0.6) is 5.75 Å². The number of ether oxygens (including phenoxy) is 1. The van der Waals surface area contributed by atoms with Gasteiger partial charge in [-0.3, -0.25) is 0 Å². The first-order valence-corrected chi connectivity index (χ1v) is 6.42. The summed E-state index contributed by atoms with van der Waals surface area (Å²) in [5, 5.41) is 9.59. The number of aromatic carboxylic acids is 1. The van der Waals surface area contributed by atoms with Crippen molar-refractivity contribution in [3.05, 3.63) is 70.8 Å². The van der Waals surface area contributed by atoms with E-state index in [4.69, 9.17) is 21.4 Å². The standard InChI is InChI=1S/C16H11ClO4/c17-12-8-5-11(6-9-12)7-10-15(18)21-14-4-2-1-3-13(14)16(19)20/h1-10H,(H,19,20)/b10-7+. The number of esters is 1. The van der Waals surface area contributed by atoms with Crippen LogP contribution in [0.1, 0.15) is 15.9 Å². The zero-order chi connectivity index (χ0) is 15.2. The summed E-state index contributed by atoms with van der Waals surface area (Å²) in [5.41, 5.74) is 0.716. The highest BCUT2D eigenvalue weighted by atomic mass is 35.5. The van der Waals surface area contributed by atoms with E-state index in [0.717, 1.165) is 5.56 Å². The Morgan fingerprint density at radius 2 is 1.71 bits per heavy atom. The maximum atomic E-state index is 11.7. The van der Waals surface area contributed by atoms with Crippen molar-refractivity contribution >= 4 is 29.6 Å². The normalized spacial score (nSPS) is 10.5. The number of carbonyl (C=O) groups is 2. The third kappa shape index (κ3) is 4.19. The molecule has 0 saturated heterocycles. The molecule has 0 aliphatic heterocycles. The number of para-hydroxylation sites is 1. The van der Waals surface area contributed by atoms with Gasteiger partial charge < -0.3 is 9.84 Å². The van der Waals surface area contributed by atoms with Crippen molar-refractivity contribution in [2.75, 3.05) is 0 Å². The zero-order valence-corrected chi connectivity index (χ0v) is 11.6. The largest absolute Gasteiger partial charge is 0.478 e. The van der Waals surface area contributed by atoms with Crippen molar-refractivity contribution < 1.29 is 19.4 Å². The van der Waals surface area contributed by atoms with Gasteiger partial charge in [-0.1, -0.05) is 35.9 Å². The second kappa shape index (κ2) is 6.72. The Kier molecular flexibility index (Phi) is 4.74. The number of hydrogen-bond donors (Lipinski definition) is 1. The minimum absolute atomic E-state index is 0.00996. The van der Waals surface area contributed by atoms with E-state index in [1.54, 1.807) is 42.5 Å². The van der Waals surface area contributed by atoms with E-state index in [1.807, 2.05) is 0 Å². The van der Waals surface area contributed by atoms with Crippen molar-refractivity contribution in [3.8, 4) is 5.75 Å². The Labute approximate surface area is 126 Å². The van der Waals surface area contributed by atoms with Crippen LogP contribution in [0, 0.1) is 0 Å². The zero-order valence-electron chi connectivity index (χ0n) is 10.8. The molecule has 0 fully saturated rings. The fourth-order valence-corrected chi connectivity index (χ4v) is 1.74. The summed E-state index contributed by atoms with van der Waals surface area (Å²) in [6, 6.07) is 12.8. The summed E-state index contributed by atoms with van der Waals surface area (Å²) in [5.74, 6) is -1.80.